The van der Waals surface area contributed by atoms with Crippen LogP contribution in [0.4, 0.5) is 0 Å². The molecule has 1 N–H and O–H groups in total. The molecule has 0 bridgehead atoms. The zero-order valence-electron chi connectivity index (χ0n) is 10.8. The minimum Gasteiger partial charge on any atom is -0.309 e. The molecule has 94 valence electrons. The molecule has 2 aliphatic carbocycles. The van der Waals surface area contributed by atoms with Gasteiger partial charge in [-0.1, -0.05) is 13.8 Å². The molecule has 2 saturated carbocycles. The minimum absolute atomic E-state index is 0.565. The van der Waals surface area contributed by atoms with Crippen molar-refractivity contribution in [3.8, 4) is 0 Å². The van der Waals surface area contributed by atoms with Gasteiger partial charge in [0, 0.05) is 23.9 Å². The normalized spacial score (nSPS) is 20.2. The number of aromatic nitrogens is 1. The molecule has 0 unspecified atom stereocenters. The number of hydrogen-bond acceptors (Lipinski definition) is 3. The van der Waals surface area contributed by atoms with Gasteiger partial charge < -0.3 is 5.32 Å². The molecule has 3 rings (SSSR count). The third-order valence-electron chi connectivity index (χ3n) is 3.61. The van der Waals surface area contributed by atoms with Crippen LogP contribution in [0.1, 0.15) is 61.0 Å². The maximum absolute atomic E-state index is 4.87. The van der Waals surface area contributed by atoms with Crippen molar-refractivity contribution in [2.75, 3.05) is 0 Å². The SMILES string of the molecule is CC(C)c1nc(CC2CC2)sc1CNC1CC1. The summed E-state index contributed by atoms with van der Waals surface area (Å²) in [4.78, 5) is 6.36. The predicted molar refractivity (Wildman–Crippen MR) is 72.5 cm³/mol. The van der Waals surface area contributed by atoms with E-state index in [0.717, 1.165) is 18.5 Å². The Morgan fingerprint density at radius 1 is 1.29 bits per heavy atom. The van der Waals surface area contributed by atoms with Crippen molar-refractivity contribution < 1.29 is 0 Å². The average molecular weight is 250 g/mol. The van der Waals surface area contributed by atoms with Crippen LogP contribution in [0.5, 0.6) is 0 Å². The molecule has 2 nitrogen and oxygen atoms in total. The number of hydrogen-bond donors (Lipinski definition) is 1. The van der Waals surface area contributed by atoms with Crippen LogP contribution >= 0.6 is 11.3 Å². The van der Waals surface area contributed by atoms with Crippen molar-refractivity contribution in [1.82, 2.24) is 10.3 Å². The number of thiazole rings is 1. The van der Waals surface area contributed by atoms with Gasteiger partial charge in [-0.2, -0.15) is 0 Å². The Balaban J connectivity index is 1.69. The standard InChI is InChI=1S/C14H22N2S/c1-9(2)14-12(8-15-11-5-6-11)17-13(16-14)7-10-3-4-10/h9-11,15H,3-8H2,1-2H3. The highest BCUT2D eigenvalue weighted by atomic mass is 32.1. The van der Waals surface area contributed by atoms with E-state index in [9.17, 15) is 0 Å². The lowest BCUT2D eigenvalue weighted by molar-refractivity contribution is 0.680. The Kier molecular flexibility index (Phi) is 3.22. The molecule has 1 heterocycles. The predicted octanol–water partition coefficient (Wildman–Crippen LogP) is 3.47. The Morgan fingerprint density at radius 2 is 2.06 bits per heavy atom. The smallest absolute Gasteiger partial charge is 0.0934 e. The lowest BCUT2D eigenvalue weighted by Gasteiger charge is -2.05. The maximum Gasteiger partial charge on any atom is 0.0934 e. The summed E-state index contributed by atoms with van der Waals surface area (Å²) < 4.78 is 0. The molecule has 0 spiro atoms. The molecule has 0 aliphatic heterocycles. The van der Waals surface area contributed by atoms with E-state index in [1.807, 2.05) is 11.3 Å². The first kappa shape index (κ1) is 11.7. The zero-order valence-corrected chi connectivity index (χ0v) is 11.6. The Hall–Kier alpha value is -0.410. The molecule has 2 fully saturated rings. The minimum atomic E-state index is 0.565. The van der Waals surface area contributed by atoms with Crippen LogP contribution < -0.4 is 5.32 Å². The van der Waals surface area contributed by atoms with Crippen LogP contribution in [0.3, 0.4) is 0 Å². The summed E-state index contributed by atoms with van der Waals surface area (Å²) in [6.45, 7) is 5.56. The molecule has 0 saturated heterocycles. The van der Waals surface area contributed by atoms with Gasteiger partial charge in [0.2, 0.25) is 0 Å². The third-order valence-corrected chi connectivity index (χ3v) is 4.70. The molecule has 0 atom stereocenters. The van der Waals surface area contributed by atoms with E-state index in [2.05, 4.69) is 19.2 Å². The lowest BCUT2D eigenvalue weighted by atomic mass is 10.1. The van der Waals surface area contributed by atoms with Gasteiger partial charge in [-0.3, -0.25) is 0 Å². The topological polar surface area (TPSA) is 24.9 Å². The second-order valence-electron chi connectivity index (χ2n) is 5.87. The lowest BCUT2D eigenvalue weighted by Crippen LogP contribution is -2.15. The number of nitrogens with one attached hydrogen (secondary N) is 1. The van der Waals surface area contributed by atoms with Gasteiger partial charge in [0.1, 0.15) is 0 Å². The van der Waals surface area contributed by atoms with E-state index < -0.39 is 0 Å². The summed E-state index contributed by atoms with van der Waals surface area (Å²) >= 11 is 1.95. The fourth-order valence-electron chi connectivity index (χ4n) is 2.17. The molecule has 3 heteroatoms. The van der Waals surface area contributed by atoms with Gasteiger partial charge >= 0.3 is 0 Å². The molecule has 2 aliphatic rings. The van der Waals surface area contributed by atoms with E-state index in [1.165, 1.54) is 47.7 Å². The van der Waals surface area contributed by atoms with Crippen LogP contribution in [-0.2, 0) is 13.0 Å². The van der Waals surface area contributed by atoms with Crippen molar-refractivity contribution in [3.63, 3.8) is 0 Å². The fraction of sp³-hybridized carbons (Fsp3) is 0.786. The second-order valence-corrected chi connectivity index (χ2v) is 7.04. The van der Waals surface area contributed by atoms with E-state index in [-0.39, 0.29) is 0 Å². The van der Waals surface area contributed by atoms with Crippen molar-refractivity contribution >= 4 is 11.3 Å². The second kappa shape index (κ2) is 4.69. The molecule has 17 heavy (non-hydrogen) atoms. The monoisotopic (exact) mass is 250 g/mol. The van der Waals surface area contributed by atoms with Gasteiger partial charge in [0.05, 0.1) is 10.7 Å². The highest BCUT2D eigenvalue weighted by Crippen LogP contribution is 2.35. The fourth-order valence-corrected chi connectivity index (χ4v) is 3.46. The first-order valence-corrected chi connectivity index (χ1v) is 7.76. The quantitative estimate of drug-likeness (QED) is 0.836. The third kappa shape index (κ3) is 3.08. The Morgan fingerprint density at radius 3 is 2.65 bits per heavy atom. The summed E-state index contributed by atoms with van der Waals surface area (Å²) in [5.74, 6) is 1.51. The van der Waals surface area contributed by atoms with E-state index in [4.69, 9.17) is 4.98 Å². The molecule has 1 aromatic rings. The van der Waals surface area contributed by atoms with Gasteiger partial charge in [0.15, 0.2) is 0 Å². The number of rotatable bonds is 6. The summed E-state index contributed by atoms with van der Waals surface area (Å²) in [7, 11) is 0. The van der Waals surface area contributed by atoms with E-state index in [1.54, 1.807) is 0 Å². The molecule has 0 radical (unpaired) electrons. The Bertz CT molecular complexity index is 389. The number of nitrogens with zero attached hydrogens (tertiary/aromatic N) is 1. The summed E-state index contributed by atoms with van der Waals surface area (Å²) in [5.41, 5.74) is 1.35. The largest absolute Gasteiger partial charge is 0.309 e. The van der Waals surface area contributed by atoms with Crippen molar-refractivity contribution in [2.24, 2.45) is 5.92 Å². The van der Waals surface area contributed by atoms with Crippen LogP contribution in [0, 0.1) is 5.92 Å². The van der Waals surface area contributed by atoms with Gasteiger partial charge in [-0.25, -0.2) is 4.98 Å². The van der Waals surface area contributed by atoms with Crippen molar-refractivity contribution in [3.05, 3.63) is 15.6 Å². The van der Waals surface area contributed by atoms with Crippen molar-refractivity contribution in [1.29, 1.82) is 0 Å². The molecular formula is C14H22N2S. The van der Waals surface area contributed by atoms with Crippen LogP contribution in [0.25, 0.3) is 0 Å². The van der Waals surface area contributed by atoms with Crippen LogP contribution in [-0.4, -0.2) is 11.0 Å². The molecular weight excluding hydrogens is 228 g/mol. The van der Waals surface area contributed by atoms with Gasteiger partial charge in [0.25, 0.3) is 0 Å². The van der Waals surface area contributed by atoms with Crippen LogP contribution in [0.2, 0.25) is 0 Å². The van der Waals surface area contributed by atoms with E-state index >= 15 is 0 Å². The highest BCUT2D eigenvalue weighted by Gasteiger charge is 2.25. The maximum atomic E-state index is 4.87. The zero-order chi connectivity index (χ0) is 11.8. The van der Waals surface area contributed by atoms with Crippen LogP contribution in [0.15, 0.2) is 0 Å². The first-order chi connectivity index (χ1) is 8.22. The average Bonchev–Trinajstić information content (AvgIpc) is 3.16. The van der Waals surface area contributed by atoms with Gasteiger partial charge in [-0.15, -0.1) is 11.3 Å². The van der Waals surface area contributed by atoms with E-state index in [0.29, 0.717) is 5.92 Å². The first-order valence-electron chi connectivity index (χ1n) is 6.94. The molecule has 0 amide bonds. The van der Waals surface area contributed by atoms with Crippen molar-refractivity contribution in [2.45, 2.75) is 64.5 Å². The highest BCUT2D eigenvalue weighted by molar-refractivity contribution is 7.11. The summed E-state index contributed by atoms with van der Waals surface area (Å²) in [5, 5.41) is 5.00. The Labute approximate surface area is 108 Å². The van der Waals surface area contributed by atoms with Gasteiger partial charge in [-0.05, 0) is 37.5 Å². The molecule has 1 aromatic heterocycles. The summed E-state index contributed by atoms with van der Waals surface area (Å²) in [6, 6.07) is 0.795. The summed E-state index contributed by atoms with van der Waals surface area (Å²) in [6.07, 6.45) is 6.81. The molecule has 0 aromatic carbocycles.